The van der Waals surface area contributed by atoms with E-state index in [0.29, 0.717) is 29.0 Å². The van der Waals surface area contributed by atoms with Gasteiger partial charge in [-0.3, -0.25) is 9.59 Å². The molecule has 41 heavy (non-hydrogen) atoms. The molecule has 1 aliphatic heterocycles. The molecule has 0 radical (unpaired) electrons. The fraction of sp³-hybridized carbons (Fsp3) is 0.344. The van der Waals surface area contributed by atoms with Gasteiger partial charge in [-0.2, -0.15) is 0 Å². The predicted molar refractivity (Wildman–Crippen MR) is 150 cm³/mol. The minimum atomic E-state index is -2.69. The number of carbonyl (C=O) groups excluding carboxylic acids is 2. The predicted octanol–water partition coefficient (Wildman–Crippen LogP) is 4.09. The maximum absolute atomic E-state index is 13.4. The third-order valence-electron chi connectivity index (χ3n) is 7.32. The highest BCUT2D eigenvalue weighted by atomic mass is 16.6. The van der Waals surface area contributed by atoms with Crippen molar-refractivity contribution in [2.45, 2.75) is 44.0 Å². The van der Waals surface area contributed by atoms with Gasteiger partial charge in [-0.25, -0.2) is 4.79 Å². The van der Waals surface area contributed by atoms with Gasteiger partial charge in [0.1, 0.15) is 12.4 Å². The van der Waals surface area contributed by atoms with Crippen LogP contribution >= 0.6 is 0 Å². The molecule has 0 saturated carbocycles. The van der Waals surface area contributed by atoms with Crippen molar-refractivity contribution < 1.29 is 38.8 Å². The molecule has 3 aromatic rings. The van der Waals surface area contributed by atoms with Gasteiger partial charge >= 0.3 is 17.9 Å². The fourth-order valence-electron chi connectivity index (χ4n) is 5.05. The summed E-state index contributed by atoms with van der Waals surface area (Å²) in [5.41, 5.74) is -2.94. The van der Waals surface area contributed by atoms with Crippen LogP contribution in [0.3, 0.4) is 0 Å². The number of carboxylic acids is 1. The van der Waals surface area contributed by atoms with E-state index in [1.807, 2.05) is 0 Å². The highest BCUT2D eigenvalue weighted by Crippen LogP contribution is 2.48. The van der Waals surface area contributed by atoms with Crippen LogP contribution in [0.1, 0.15) is 49.5 Å². The van der Waals surface area contributed by atoms with Crippen molar-refractivity contribution in [3.8, 4) is 5.75 Å². The number of esters is 2. The summed E-state index contributed by atoms with van der Waals surface area (Å²) in [5, 5.41) is 20.4. The number of carboxylic acid groups (broad SMARTS) is 1. The minimum absolute atomic E-state index is 0.468. The van der Waals surface area contributed by atoms with Crippen molar-refractivity contribution in [1.29, 1.82) is 0 Å². The van der Waals surface area contributed by atoms with Crippen molar-refractivity contribution in [2.24, 2.45) is 0 Å². The lowest BCUT2D eigenvalue weighted by molar-refractivity contribution is -0.180. The van der Waals surface area contributed by atoms with Crippen LogP contribution in [0.15, 0.2) is 84.9 Å². The quantitative estimate of drug-likeness (QED) is 0.353. The molecule has 1 fully saturated rings. The van der Waals surface area contributed by atoms with Gasteiger partial charge in [0.05, 0.1) is 12.8 Å². The van der Waals surface area contributed by atoms with E-state index in [1.54, 1.807) is 84.9 Å². The molecule has 3 unspecified atom stereocenters. The number of nitrogens with zero attached hydrogens (tertiary/aromatic N) is 1. The Bertz CT molecular complexity index is 1330. The topological polar surface area (TPSA) is 123 Å². The average Bonchev–Trinajstić information content (AvgIpc) is 3.02. The molecular weight excluding hydrogens is 526 g/mol. The molecule has 9 nitrogen and oxygen atoms in total. The summed E-state index contributed by atoms with van der Waals surface area (Å²) in [6, 6.07) is 24.6. The van der Waals surface area contributed by atoms with Crippen LogP contribution in [0.4, 0.5) is 0 Å². The molecule has 4 rings (SSSR count). The van der Waals surface area contributed by atoms with Crippen molar-refractivity contribution in [1.82, 2.24) is 4.90 Å². The van der Waals surface area contributed by atoms with Crippen LogP contribution in [-0.4, -0.2) is 64.9 Å². The normalized spacial score (nSPS) is 23.1. The Balaban J connectivity index is 1.85. The van der Waals surface area contributed by atoms with Crippen LogP contribution < -0.4 is 4.74 Å². The maximum Gasteiger partial charge on any atom is 0.336 e. The molecule has 1 heterocycles. The summed E-state index contributed by atoms with van der Waals surface area (Å²) < 4.78 is 18.1. The van der Waals surface area contributed by atoms with Crippen LogP contribution in [0.2, 0.25) is 0 Å². The Labute approximate surface area is 239 Å². The van der Waals surface area contributed by atoms with Crippen LogP contribution in [0.5, 0.6) is 5.75 Å². The molecule has 2 N–H and O–H groups in total. The van der Waals surface area contributed by atoms with Gasteiger partial charge in [-0.05, 0) is 30.8 Å². The van der Waals surface area contributed by atoms with Crippen molar-refractivity contribution >= 4 is 17.9 Å². The zero-order valence-corrected chi connectivity index (χ0v) is 23.2. The number of likely N-dealkylation sites (N-methyl/N-ethyl adjacent to an activating group) is 1. The number of hydrogen-bond acceptors (Lipinski definition) is 8. The summed E-state index contributed by atoms with van der Waals surface area (Å²) in [6.45, 7) is 7.26. The lowest BCUT2D eigenvalue weighted by atomic mass is 9.78. The highest BCUT2D eigenvalue weighted by Gasteiger charge is 2.53. The average molecular weight is 562 g/mol. The Morgan fingerprint density at radius 1 is 0.878 bits per heavy atom. The zero-order valence-electron chi connectivity index (χ0n) is 23.2. The molecular formula is C32H35NO8. The molecule has 0 aromatic heterocycles. The second-order valence-corrected chi connectivity index (χ2v) is 9.95. The second-order valence-electron chi connectivity index (χ2n) is 9.95. The van der Waals surface area contributed by atoms with Crippen LogP contribution in [0.25, 0.3) is 0 Å². The number of aliphatic carboxylic acids is 1. The van der Waals surface area contributed by atoms with Gasteiger partial charge < -0.3 is 29.3 Å². The Hall–Kier alpha value is -4.21. The number of aliphatic hydroxyl groups is 1. The standard InChI is InChI=1S/C32H35NO8/c1-3-33(4-2)19-20-39-26-17-15-25(16-18-26)32(24-13-9-6-10-14-24)29(23-11-7-5-8-12-23)40-27(34)21-31(38,30(36)37)22-28(35)41-32/h5-18,29,38H,3-4,19-22H2,1-2H3,(H,36,37). The number of rotatable bonds is 10. The van der Waals surface area contributed by atoms with Crippen molar-refractivity contribution in [3.05, 3.63) is 102 Å². The van der Waals surface area contributed by atoms with E-state index in [1.165, 1.54) is 0 Å². The summed E-state index contributed by atoms with van der Waals surface area (Å²) in [5.74, 6) is -3.11. The number of hydrogen-bond donors (Lipinski definition) is 2. The first-order chi connectivity index (χ1) is 19.7. The summed E-state index contributed by atoms with van der Waals surface area (Å²) >= 11 is 0. The first-order valence-corrected chi connectivity index (χ1v) is 13.6. The zero-order chi connectivity index (χ0) is 29.5. The van der Waals surface area contributed by atoms with Crippen LogP contribution in [-0.2, 0) is 29.5 Å². The molecule has 0 bridgehead atoms. The summed E-state index contributed by atoms with van der Waals surface area (Å²) in [4.78, 5) is 40.8. The van der Waals surface area contributed by atoms with E-state index in [0.717, 1.165) is 19.6 Å². The monoisotopic (exact) mass is 561 g/mol. The molecule has 216 valence electrons. The van der Waals surface area contributed by atoms with Gasteiger partial charge in [-0.1, -0.05) is 86.6 Å². The third-order valence-corrected chi connectivity index (χ3v) is 7.32. The van der Waals surface area contributed by atoms with E-state index < -0.39 is 48.1 Å². The number of ether oxygens (including phenoxy) is 3. The summed E-state index contributed by atoms with van der Waals surface area (Å²) in [6.07, 6.45) is -3.08. The number of benzene rings is 3. The van der Waals surface area contributed by atoms with E-state index in [-0.39, 0.29) is 0 Å². The van der Waals surface area contributed by atoms with Gasteiger partial charge in [0.25, 0.3) is 0 Å². The first-order valence-electron chi connectivity index (χ1n) is 13.6. The molecule has 9 heteroatoms. The molecule has 0 aliphatic carbocycles. The van der Waals surface area contributed by atoms with Crippen molar-refractivity contribution in [2.75, 3.05) is 26.2 Å². The third kappa shape index (κ3) is 6.58. The highest BCUT2D eigenvalue weighted by molar-refractivity contribution is 5.89. The molecule has 3 atom stereocenters. The van der Waals surface area contributed by atoms with Gasteiger partial charge in [0.2, 0.25) is 5.60 Å². The molecule has 1 saturated heterocycles. The molecule has 3 aromatic carbocycles. The lowest BCUT2D eigenvalue weighted by Gasteiger charge is -2.40. The van der Waals surface area contributed by atoms with Gasteiger partial charge in [-0.15, -0.1) is 0 Å². The van der Waals surface area contributed by atoms with Crippen molar-refractivity contribution in [3.63, 3.8) is 0 Å². The number of carbonyl (C=O) groups is 3. The van der Waals surface area contributed by atoms with E-state index >= 15 is 0 Å². The smallest absolute Gasteiger partial charge is 0.336 e. The van der Waals surface area contributed by atoms with E-state index in [9.17, 15) is 24.6 Å². The SMILES string of the molecule is CCN(CC)CCOc1ccc(C2(c3ccccc3)OC(=O)CC(O)(C(=O)O)CC(=O)OC2c2ccccc2)cc1. The maximum atomic E-state index is 13.4. The Morgan fingerprint density at radius 3 is 2.02 bits per heavy atom. The second kappa shape index (κ2) is 13.0. The van der Waals surface area contributed by atoms with Gasteiger partial charge in [0.15, 0.2) is 11.7 Å². The number of cyclic esters (lactones) is 2. The minimum Gasteiger partial charge on any atom is -0.492 e. The molecule has 0 spiro atoms. The first kappa shape index (κ1) is 29.8. The molecule has 1 aliphatic rings. The van der Waals surface area contributed by atoms with E-state index in [2.05, 4.69) is 18.7 Å². The van der Waals surface area contributed by atoms with E-state index in [4.69, 9.17) is 14.2 Å². The molecule has 0 amide bonds. The summed E-state index contributed by atoms with van der Waals surface area (Å²) in [7, 11) is 0. The Kier molecular flexibility index (Phi) is 9.42. The largest absolute Gasteiger partial charge is 0.492 e. The van der Waals surface area contributed by atoms with Crippen LogP contribution in [0, 0.1) is 0 Å². The lowest BCUT2D eigenvalue weighted by Crippen LogP contribution is -2.43. The van der Waals surface area contributed by atoms with Gasteiger partial charge in [0, 0.05) is 17.7 Å². The Morgan fingerprint density at radius 2 is 1.44 bits per heavy atom. The fourth-order valence-corrected chi connectivity index (χ4v) is 5.05.